The van der Waals surface area contributed by atoms with Crippen molar-refractivity contribution in [3.8, 4) is 0 Å². The van der Waals surface area contributed by atoms with Gasteiger partial charge in [0.15, 0.2) is 0 Å². The van der Waals surface area contributed by atoms with E-state index in [4.69, 9.17) is 0 Å². The number of likely N-dealkylation sites (N-methyl/N-ethyl adjacent to an activating group) is 2. The molecule has 0 saturated heterocycles. The lowest BCUT2D eigenvalue weighted by atomic mass is 9.84. The summed E-state index contributed by atoms with van der Waals surface area (Å²) in [5.74, 6) is -0.175. The molecule has 0 heterocycles. The van der Waals surface area contributed by atoms with Crippen LogP contribution in [0.2, 0.25) is 0 Å². The minimum Gasteiger partial charge on any atom is -0.315 e. The van der Waals surface area contributed by atoms with E-state index in [-0.39, 0.29) is 11.4 Å². The van der Waals surface area contributed by atoms with Gasteiger partial charge in [-0.3, -0.25) is 0 Å². The van der Waals surface area contributed by atoms with Crippen molar-refractivity contribution < 1.29 is 4.39 Å². The molecule has 3 heteroatoms. The Balaban J connectivity index is 2.87. The van der Waals surface area contributed by atoms with Gasteiger partial charge in [0, 0.05) is 11.6 Å². The maximum absolute atomic E-state index is 12.9. The second kappa shape index (κ2) is 6.30. The van der Waals surface area contributed by atoms with E-state index in [2.05, 4.69) is 38.2 Å². The molecule has 18 heavy (non-hydrogen) atoms. The van der Waals surface area contributed by atoms with E-state index >= 15 is 0 Å². The maximum atomic E-state index is 12.9. The zero-order valence-electron chi connectivity index (χ0n) is 12.1. The first kappa shape index (κ1) is 15.1. The van der Waals surface area contributed by atoms with E-state index in [0.717, 1.165) is 18.4 Å². The molecule has 1 aromatic carbocycles. The molecule has 0 aliphatic rings. The Kier molecular flexibility index (Phi) is 5.29. The van der Waals surface area contributed by atoms with Crippen LogP contribution in [-0.4, -0.2) is 37.6 Å². The van der Waals surface area contributed by atoms with Crippen LogP contribution >= 0.6 is 0 Å². The Morgan fingerprint density at radius 2 is 1.83 bits per heavy atom. The van der Waals surface area contributed by atoms with Crippen LogP contribution in [0, 0.1) is 5.82 Å². The van der Waals surface area contributed by atoms with E-state index in [1.807, 2.05) is 19.2 Å². The molecule has 0 aliphatic carbocycles. The van der Waals surface area contributed by atoms with Crippen LogP contribution in [0.25, 0.3) is 0 Å². The predicted octanol–water partition coefficient (Wildman–Crippen LogP) is 2.69. The smallest absolute Gasteiger partial charge is 0.123 e. The number of nitrogens with one attached hydrogen (secondary N) is 1. The first-order valence-corrected chi connectivity index (χ1v) is 6.53. The Morgan fingerprint density at radius 3 is 2.22 bits per heavy atom. The Morgan fingerprint density at radius 1 is 1.28 bits per heavy atom. The highest BCUT2D eigenvalue weighted by atomic mass is 19.1. The number of hydrogen-bond donors (Lipinski definition) is 1. The summed E-state index contributed by atoms with van der Waals surface area (Å²) in [6.07, 6.45) is 1.96. The zero-order chi connectivity index (χ0) is 13.8. The lowest BCUT2D eigenvalue weighted by molar-refractivity contribution is 0.116. The number of nitrogens with zero attached hydrogens (tertiary/aromatic N) is 1. The third-order valence-electron chi connectivity index (χ3n) is 4.19. The summed E-state index contributed by atoms with van der Waals surface area (Å²) < 4.78 is 12.9. The summed E-state index contributed by atoms with van der Waals surface area (Å²) in [5, 5.41) is 3.40. The second-order valence-corrected chi connectivity index (χ2v) is 5.28. The molecule has 0 bridgehead atoms. The number of hydrogen-bond acceptors (Lipinski definition) is 2. The summed E-state index contributed by atoms with van der Waals surface area (Å²) in [7, 11) is 6.21. The van der Waals surface area contributed by atoms with Crippen molar-refractivity contribution in [3.63, 3.8) is 0 Å². The average Bonchev–Trinajstić information content (AvgIpc) is 2.37. The molecule has 0 saturated carbocycles. The van der Waals surface area contributed by atoms with Gasteiger partial charge in [-0.05, 0) is 58.6 Å². The van der Waals surface area contributed by atoms with Crippen molar-refractivity contribution in [2.75, 3.05) is 21.1 Å². The predicted molar refractivity (Wildman–Crippen MR) is 75.3 cm³/mol. The van der Waals surface area contributed by atoms with Crippen molar-refractivity contribution in [1.29, 1.82) is 0 Å². The summed E-state index contributed by atoms with van der Waals surface area (Å²) in [5.41, 5.74) is 1.25. The summed E-state index contributed by atoms with van der Waals surface area (Å²) >= 11 is 0. The quantitative estimate of drug-likeness (QED) is 0.837. The van der Waals surface area contributed by atoms with Gasteiger partial charge >= 0.3 is 0 Å². The van der Waals surface area contributed by atoms with Gasteiger partial charge in [0.1, 0.15) is 5.82 Å². The van der Waals surface area contributed by atoms with Crippen molar-refractivity contribution in [2.45, 2.75) is 38.3 Å². The van der Waals surface area contributed by atoms with Gasteiger partial charge in [-0.25, -0.2) is 4.39 Å². The molecule has 0 aliphatic heterocycles. The topological polar surface area (TPSA) is 15.3 Å². The van der Waals surface area contributed by atoms with Crippen molar-refractivity contribution in [1.82, 2.24) is 10.2 Å². The molecule has 2 nitrogen and oxygen atoms in total. The van der Waals surface area contributed by atoms with Crippen LogP contribution in [0.4, 0.5) is 4.39 Å². The average molecular weight is 252 g/mol. The van der Waals surface area contributed by atoms with Crippen LogP contribution in [0.5, 0.6) is 0 Å². The maximum Gasteiger partial charge on any atom is 0.123 e. The van der Waals surface area contributed by atoms with Crippen LogP contribution in [0.1, 0.15) is 25.8 Å². The number of benzene rings is 1. The molecule has 2 atom stereocenters. The molecular formula is C15H25FN2. The number of halogens is 1. The summed E-state index contributed by atoms with van der Waals surface area (Å²) in [6, 6.07) is 7.13. The van der Waals surface area contributed by atoms with E-state index in [0.29, 0.717) is 6.04 Å². The molecule has 0 amide bonds. The molecule has 0 radical (unpaired) electrons. The highest BCUT2D eigenvalue weighted by Crippen LogP contribution is 2.23. The lowest BCUT2D eigenvalue weighted by Gasteiger charge is -2.42. The number of rotatable bonds is 6. The monoisotopic (exact) mass is 252 g/mol. The Hall–Kier alpha value is -0.930. The van der Waals surface area contributed by atoms with Crippen LogP contribution in [-0.2, 0) is 6.42 Å². The first-order chi connectivity index (χ1) is 8.43. The minimum absolute atomic E-state index is 0.0864. The second-order valence-electron chi connectivity index (χ2n) is 5.28. The normalized spacial score (nSPS) is 16.6. The fourth-order valence-corrected chi connectivity index (χ4v) is 2.36. The molecule has 1 aromatic rings. The van der Waals surface area contributed by atoms with E-state index < -0.39 is 0 Å². The molecule has 102 valence electrons. The van der Waals surface area contributed by atoms with Gasteiger partial charge in [-0.1, -0.05) is 19.1 Å². The fraction of sp³-hybridized carbons (Fsp3) is 0.600. The van der Waals surface area contributed by atoms with Gasteiger partial charge < -0.3 is 10.2 Å². The van der Waals surface area contributed by atoms with E-state index in [1.54, 1.807) is 0 Å². The Labute approximate surface area is 110 Å². The molecule has 0 spiro atoms. The van der Waals surface area contributed by atoms with Crippen molar-refractivity contribution >= 4 is 0 Å². The van der Waals surface area contributed by atoms with Crippen LogP contribution < -0.4 is 5.32 Å². The summed E-state index contributed by atoms with van der Waals surface area (Å²) in [6.45, 7) is 4.46. The van der Waals surface area contributed by atoms with Crippen molar-refractivity contribution in [2.24, 2.45) is 0 Å². The zero-order valence-corrected chi connectivity index (χ0v) is 12.1. The van der Waals surface area contributed by atoms with Gasteiger partial charge in [0.2, 0.25) is 0 Å². The molecule has 2 unspecified atom stereocenters. The molecule has 1 N–H and O–H groups in total. The standard InChI is InChI=1S/C15H25FN2/c1-6-15(2,18(4)5)14(17-3)11-12-7-9-13(16)10-8-12/h7-10,14,17H,6,11H2,1-5H3. The van der Waals surface area contributed by atoms with Gasteiger partial charge in [-0.2, -0.15) is 0 Å². The Bertz CT molecular complexity index is 361. The molecular weight excluding hydrogens is 227 g/mol. The molecule has 0 fully saturated rings. The van der Waals surface area contributed by atoms with Gasteiger partial charge in [0.05, 0.1) is 0 Å². The third kappa shape index (κ3) is 3.30. The van der Waals surface area contributed by atoms with E-state index in [1.165, 1.54) is 12.1 Å². The fourth-order valence-electron chi connectivity index (χ4n) is 2.36. The van der Waals surface area contributed by atoms with Crippen LogP contribution in [0.3, 0.4) is 0 Å². The van der Waals surface area contributed by atoms with Crippen LogP contribution in [0.15, 0.2) is 24.3 Å². The van der Waals surface area contributed by atoms with Crippen molar-refractivity contribution in [3.05, 3.63) is 35.6 Å². The van der Waals surface area contributed by atoms with Gasteiger partial charge in [0.25, 0.3) is 0 Å². The largest absolute Gasteiger partial charge is 0.315 e. The first-order valence-electron chi connectivity index (χ1n) is 6.53. The molecule has 1 rings (SSSR count). The lowest BCUT2D eigenvalue weighted by Crippen LogP contribution is -2.56. The third-order valence-corrected chi connectivity index (χ3v) is 4.19. The molecule has 0 aromatic heterocycles. The summed E-state index contributed by atoms with van der Waals surface area (Å²) in [4.78, 5) is 2.26. The SMILES string of the molecule is CCC(C)(C(Cc1ccc(F)cc1)NC)N(C)C. The highest BCUT2D eigenvalue weighted by molar-refractivity contribution is 5.18. The van der Waals surface area contributed by atoms with E-state index in [9.17, 15) is 4.39 Å². The highest BCUT2D eigenvalue weighted by Gasteiger charge is 2.33. The minimum atomic E-state index is -0.175. The van der Waals surface area contributed by atoms with Gasteiger partial charge in [-0.15, -0.1) is 0 Å².